The molecule has 8 aromatic rings. The molecule has 0 radical (unpaired) electrons. The summed E-state index contributed by atoms with van der Waals surface area (Å²) in [6.45, 7) is -0.606. The van der Waals surface area contributed by atoms with Crippen molar-refractivity contribution in [3.8, 4) is 11.3 Å². The molecule has 0 fully saturated rings. The first kappa shape index (κ1) is 22.9. The van der Waals surface area contributed by atoms with Crippen molar-refractivity contribution in [2.75, 3.05) is 16.8 Å². The maximum absolute atomic E-state index is 7.94. The molecule has 42 heavy (non-hydrogen) atoms. The minimum atomic E-state index is -2.26. The van der Waals surface area contributed by atoms with Gasteiger partial charge in [-0.2, -0.15) is 18.8 Å². The molecular formula is C37H25IrN4. The quantitative estimate of drug-likeness (QED) is 0.167. The smallest absolute Gasteiger partial charge is 0.504 e. The Labute approximate surface area is 262 Å². The number of fused-ring (bicyclic) bond motifs is 7. The minimum Gasteiger partial charge on any atom is -0.504 e. The van der Waals surface area contributed by atoms with Gasteiger partial charge in [-0.15, -0.1) is 53.0 Å². The summed E-state index contributed by atoms with van der Waals surface area (Å²) in [5.41, 5.74) is 7.82. The molecule has 0 bridgehead atoms. The molecule has 5 heteroatoms. The predicted octanol–water partition coefficient (Wildman–Crippen LogP) is 8.89. The van der Waals surface area contributed by atoms with Crippen molar-refractivity contribution in [2.24, 2.45) is 0 Å². The van der Waals surface area contributed by atoms with Gasteiger partial charge in [0.15, 0.2) is 0 Å². The summed E-state index contributed by atoms with van der Waals surface area (Å²) in [5.74, 6) is 0. The zero-order valence-corrected chi connectivity index (χ0v) is 24.7. The fourth-order valence-electron chi connectivity index (χ4n) is 5.88. The summed E-state index contributed by atoms with van der Waals surface area (Å²) in [4.78, 5) is 7.48. The van der Waals surface area contributed by atoms with E-state index in [1.807, 2.05) is 77.7 Å². The fourth-order valence-corrected chi connectivity index (χ4v) is 5.88. The standard InChI is InChI=1S/C26H17N3.C11H8N.Ir/c1-27-16-28(25-12-5-4-11-24(25)27)17-13-14-23-21(15-17)20-9-6-8-19-18-7-2-3-10-22(18)29(23)26(19)20;1-2-6-10(7-3-1)11-8-4-5-9-12-11;/h2-12,14-16H,1H3;1-6,8-9H;/q-2;-1;+3/i1D3;;. The maximum atomic E-state index is 7.94. The Morgan fingerprint density at radius 1 is 0.714 bits per heavy atom. The normalized spacial score (nSPS) is 13.9. The predicted molar refractivity (Wildman–Crippen MR) is 170 cm³/mol. The molecule has 5 aromatic carbocycles. The fraction of sp³-hybridized carbons (Fsp3) is 0.0270. The molecule has 4 heterocycles. The Balaban J connectivity index is 0.000000211. The van der Waals surface area contributed by atoms with E-state index >= 15 is 0 Å². The van der Waals surface area contributed by atoms with Gasteiger partial charge in [0, 0.05) is 43.5 Å². The third kappa shape index (κ3) is 4.13. The summed E-state index contributed by atoms with van der Waals surface area (Å²) in [5, 5.41) is 4.80. The number of benzene rings is 5. The van der Waals surface area contributed by atoms with E-state index in [4.69, 9.17) is 4.11 Å². The molecule has 0 N–H and O–H groups in total. The summed E-state index contributed by atoms with van der Waals surface area (Å²) in [7, 11) is 0. The van der Waals surface area contributed by atoms with Crippen molar-refractivity contribution in [1.29, 1.82) is 0 Å². The largest absolute Gasteiger partial charge is 3.00 e. The van der Waals surface area contributed by atoms with Crippen molar-refractivity contribution in [3.05, 3.63) is 146 Å². The molecule has 1 aliphatic heterocycles. The summed E-state index contributed by atoms with van der Waals surface area (Å²) in [6.07, 6.45) is 1.79. The van der Waals surface area contributed by atoms with Gasteiger partial charge in [-0.25, -0.2) is 0 Å². The van der Waals surface area contributed by atoms with E-state index in [0.29, 0.717) is 5.69 Å². The number of pyridine rings is 1. The third-order valence-corrected chi connectivity index (χ3v) is 7.68. The Hall–Kier alpha value is -4.70. The van der Waals surface area contributed by atoms with Crippen molar-refractivity contribution in [2.45, 2.75) is 0 Å². The number of para-hydroxylation sites is 4. The van der Waals surface area contributed by atoms with Crippen molar-refractivity contribution < 1.29 is 24.2 Å². The molecule has 0 unspecified atom stereocenters. The zero-order valence-electron chi connectivity index (χ0n) is 25.3. The van der Waals surface area contributed by atoms with Gasteiger partial charge in [-0.1, -0.05) is 66.2 Å². The van der Waals surface area contributed by atoms with Crippen molar-refractivity contribution >= 4 is 55.2 Å². The molecule has 3 aromatic heterocycles. The molecule has 202 valence electrons. The SMILES string of the molecule is [2H]C([2H])([2H])N1[CH-]N(c2[c-]cc3c(c2)c2cccc4c5ccccc5n3c24)c2ccccc21.[Ir+3].[c-]1ccccc1-c1ccccn1. The minimum absolute atomic E-state index is 0. The third-order valence-electron chi connectivity index (χ3n) is 7.68. The first-order valence-electron chi connectivity index (χ1n) is 15.0. The van der Waals surface area contributed by atoms with E-state index in [1.54, 1.807) is 12.9 Å². The Kier molecular flexibility index (Phi) is 5.79. The maximum Gasteiger partial charge on any atom is 3.00 e. The van der Waals surface area contributed by atoms with Crippen molar-refractivity contribution in [1.82, 2.24) is 9.38 Å². The van der Waals surface area contributed by atoms with Crippen molar-refractivity contribution in [3.63, 3.8) is 0 Å². The van der Waals surface area contributed by atoms with Gasteiger partial charge >= 0.3 is 20.1 Å². The first-order valence-corrected chi connectivity index (χ1v) is 13.5. The number of aromatic nitrogens is 2. The van der Waals surface area contributed by atoms with E-state index in [2.05, 4.69) is 70.0 Å². The number of hydrogen-bond donors (Lipinski definition) is 0. The van der Waals surface area contributed by atoms with Crippen LogP contribution in [0.1, 0.15) is 4.11 Å². The number of rotatable bonds is 2. The average Bonchev–Trinajstić information content (AvgIpc) is 3.73. The van der Waals surface area contributed by atoms with Gasteiger partial charge in [0.1, 0.15) is 0 Å². The van der Waals surface area contributed by atoms with E-state index in [1.165, 1.54) is 32.1 Å². The van der Waals surface area contributed by atoms with Gasteiger partial charge in [-0.05, 0) is 42.3 Å². The summed E-state index contributed by atoms with van der Waals surface area (Å²) in [6, 6.07) is 46.8. The Morgan fingerprint density at radius 3 is 2.29 bits per heavy atom. The van der Waals surface area contributed by atoms with E-state index < -0.39 is 6.98 Å². The molecule has 0 spiro atoms. The van der Waals surface area contributed by atoms with Crippen LogP contribution >= 0.6 is 0 Å². The van der Waals surface area contributed by atoms with Crippen LogP contribution in [0.15, 0.2) is 128 Å². The van der Waals surface area contributed by atoms with Crippen LogP contribution in [0, 0.1) is 18.8 Å². The second kappa shape index (κ2) is 10.6. The molecule has 1 aliphatic rings. The number of hydrogen-bond acceptors (Lipinski definition) is 3. The van der Waals surface area contributed by atoms with Gasteiger partial charge in [0.25, 0.3) is 0 Å². The van der Waals surface area contributed by atoms with Gasteiger partial charge in [0.05, 0.1) is 0 Å². The molecule has 0 atom stereocenters. The van der Waals surface area contributed by atoms with E-state index in [-0.39, 0.29) is 20.1 Å². The average molecular weight is 721 g/mol. The molecular weight excluding hydrogens is 693 g/mol. The van der Waals surface area contributed by atoms with Crippen LogP contribution in [0.4, 0.5) is 17.1 Å². The molecule has 0 amide bonds. The summed E-state index contributed by atoms with van der Waals surface area (Å²) >= 11 is 0. The van der Waals surface area contributed by atoms with Gasteiger partial charge in [-0.3, -0.25) is 0 Å². The first-order chi connectivity index (χ1) is 21.5. The van der Waals surface area contributed by atoms with E-state index in [9.17, 15) is 0 Å². The monoisotopic (exact) mass is 721 g/mol. The van der Waals surface area contributed by atoms with Gasteiger partial charge < -0.3 is 19.2 Å². The van der Waals surface area contributed by atoms with Crippen LogP contribution in [-0.2, 0) is 20.1 Å². The van der Waals surface area contributed by atoms with Crippen LogP contribution in [0.5, 0.6) is 0 Å². The summed E-state index contributed by atoms with van der Waals surface area (Å²) < 4.78 is 26.1. The second-order valence-corrected chi connectivity index (χ2v) is 10.0. The van der Waals surface area contributed by atoms with Crippen LogP contribution in [0.3, 0.4) is 0 Å². The Morgan fingerprint density at radius 2 is 1.48 bits per heavy atom. The van der Waals surface area contributed by atoms with Crippen LogP contribution in [-0.4, -0.2) is 16.4 Å². The molecule has 0 aliphatic carbocycles. The molecule has 0 saturated heterocycles. The number of nitrogens with zero attached hydrogens (tertiary/aromatic N) is 4. The topological polar surface area (TPSA) is 23.8 Å². The molecule has 9 rings (SSSR count). The second-order valence-electron chi connectivity index (χ2n) is 10.0. The zero-order chi connectivity index (χ0) is 29.8. The molecule has 0 saturated carbocycles. The van der Waals surface area contributed by atoms with E-state index in [0.717, 1.165) is 33.5 Å². The van der Waals surface area contributed by atoms with Crippen LogP contribution in [0.2, 0.25) is 0 Å². The van der Waals surface area contributed by atoms with Crippen LogP contribution in [0.25, 0.3) is 49.4 Å². The van der Waals surface area contributed by atoms with Gasteiger partial charge in [0.2, 0.25) is 0 Å². The molecule has 4 nitrogen and oxygen atoms in total. The Bertz CT molecular complexity index is 2230. The van der Waals surface area contributed by atoms with Crippen LogP contribution < -0.4 is 9.80 Å². The number of anilines is 3.